The Kier molecular flexibility index (Phi) is 5.86. The van der Waals surface area contributed by atoms with Gasteiger partial charge in [-0.25, -0.2) is 9.64 Å². The Labute approximate surface area is 190 Å². The lowest BCUT2D eigenvalue weighted by molar-refractivity contribution is 0.130. The van der Waals surface area contributed by atoms with E-state index in [2.05, 4.69) is 21.2 Å². The van der Waals surface area contributed by atoms with Gasteiger partial charge >= 0.3 is 6.09 Å². The van der Waals surface area contributed by atoms with Crippen molar-refractivity contribution in [3.05, 3.63) is 86.8 Å². The van der Waals surface area contributed by atoms with E-state index in [1.807, 2.05) is 30.3 Å². The van der Waals surface area contributed by atoms with Crippen LogP contribution in [-0.2, 0) is 11.2 Å². The predicted octanol–water partition coefficient (Wildman–Crippen LogP) is 7.25. The molecule has 1 N–H and O–H groups in total. The quantitative estimate of drug-likeness (QED) is 0.426. The highest BCUT2D eigenvalue weighted by atomic mass is 35.5. The largest absolute Gasteiger partial charge is 0.447 e. The van der Waals surface area contributed by atoms with Gasteiger partial charge in [0.15, 0.2) is 0 Å². The van der Waals surface area contributed by atoms with E-state index in [0.717, 1.165) is 27.8 Å². The number of ether oxygens (including phenoxy) is 1. The van der Waals surface area contributed by atoms with Crippen LogP contribution in [0.1, 0.15) is 36.5 Å². The number of anilines is 1. The Balaban J connectivity index is 1.82. The lowest BCUT2D eigenvalue weighted by Crippen LogP contribution is -2.19. The molecule has 0 spiro atoms. The van der Waals surface area contributed by atoms with Crippen LogP contribution in [0.15, 0.2) is 48.7 Å². The monoisotopic (exact) mass is 451 g/mol. The fourth-order valence-electron chi connectivity index (χ4n) is 3.92. The van der Waals surface area contributed by atoms with Gasteiger partial charge in [-0.05, 0) is 60.2 Å². The molecule has 0 aliphatic heterocycles. The van der Waals surface area contributed by atoms with E-state index in [0.29, 0.717) is 22.2 Å². The van der Waals surface area contributed by atoms with Crippen LogP contribution in [0.4, 0.5) is 16.3 Å². The highest BCUT2D eigenvalue weighted by Crippen LogP contribution is 2.48. The van der Waals surface area contributed by atoms with Crippen LogP contribution >= 0.6 is 23.2 Å². The van der Waals surface area contributed by atoms with Gasteiger partial charge < -0.3 is 4.74 Å². The van der Waals surface area contributed by atoms with Crippen molar-refractivity contribution >= 4 is 40.8 Å². The number of carbonyl (C=O) groups is 1. The summed E-state index contributed by atoms with van der Waals surface area (Å²) in [6, 6.07) is 13.6. The Morgan fingerprint density at radius 2 is 2.00 bits per heavy atom. The molecule has 4 rings (SSSR count). The number of nitrogens with one attached hydrogen (secondary N) is 1. The maximum Gasteiger partial charge on any atom is 0.412 e. The molecule has 5 nitrogen and oxygen atoms in total. The summed E-state index contributed by atoms with van der Waals surface area (Å²) in [6.45, 7) is 11.3. The van der Waals surface area contributed by atoms with Crippen molar-refractivity contribution < 1.29 is 9.53 Å². The molecule has 31 heavy (non-hydrogen) atoms. The third-order valence-electron chi connectivity index (χ3n) is 5.18. The molecule has 0 bridgehead atoms. The molecule has 156 valence electrons. The highest BCUT2D eigenvalue weighted by molar-refractivity contribution is 6.42. The second-order valence-electron chi connectivity index (χ2n) is 7.56. The second-order valence-corrected chi connectivity index (χ2v) is 8.38. The van der Waals surface area contributed by atoms with Crippen molar-refractivity contribution in [3.63, 3.8) is 0 Å². The summed E-state index contributed by atoms with van der Waals surface area (Å²) in [4.78, 5) is 20.2. The number of nitrogens with zero attached hydrogens (tertiary/aromatic N) is 2. The van der Waals surface area contributed by atoms with Crippen LogP contribution in [0, 0.1) is 6.57 Å². The van der Waals surface area contributed by atoms with Gasteiger partial charge in [0.1, 0.15) is 5.82 Å². The van der Waals surface area contributed by atoms with Crippen molar-refractivity contribution in [2.45, 2.75) is 32.3 Å². The van der Waals surface area contributed by atoms with E-state index in [1.165, 1.54) is 0 Å². The van der Waals surface area contributed by atoms with E-state index >= 15 is 0 Å². The number of amides is 1. The van der Waals surface area contributed by atoms with Crippen LogP contribution in [-0.4, -0.2) is 17.2 Å². The predicted molar refractivity (Wildman–Crippen MR) is 123 cm³/mol. The molecule has 1 atom stereocenters. The summed E-state index contributed by atoms with van der Waals surface area (Å²) >= 11 is 12.4. The average molecular weight is 452 g/mol. The highest BCUT2D eigenvalue weighted by Gasteiger charge is 2.30. The number of fused-ring (bicyclic) bond motifs is 3. The van der Waals surface area contributed by atoms with Gasteiger partial charge in [0.25, 0.3) is 0 Å². The van der Waals surface area contributed by atoms with Gasteiger partial charge in [-0.3, -0.25) is 10.3 Å². The molecule has 1 aromatic heterocycles. The van der Waals surface area contributed by atoms with E-state index in [4.69, 9.17) is 34.5 Å². The topological polar surface area (TPSA) is 55.6 Å². The van der Waals surface area contributed by atoms with Crippen LogP contribution < -0.4 is 5.32 Å². The molecule has 2 aromatic carbocycles. The fourth-order valence-corrected chi connectivity index (χ4v) is 4.23. The lowest BCUT2D eigenvalue weighted by atomic mass is 9.76. The summed E-state index contributed by atoms with van der Waals surface area (Å²) < 4.78 is 5.15. The molecule has 0 radical (unpaired) electrons. The molecule has 1 aliphatic carbocycles. The Bertz CT molecular complexity index is 1220. The van der Waals surface area contributed by atoms with Crippen molar-refractivity contribution in [1.82, 2.24) is 4.98 Å². The normalized spacial score (nSPS) is 14.4. The summed E-state index contributed by atoms with van der Waals surface area (Å²) in [5.41, 5.74) is 5.09. The van der Waals surface area contributed by atoms with Crippen molar-refractivity contribution in [1.29, 1.82) is 0 Å². The SMILES string of the molecule is [C-]#[N+]c1c(NC(=O)OC(C)C)ncc2c1-c1ccccc1C(c1ccc(Cl)c(Cl)c1)C2. The number of rotatable bonds is 3. The number of halogens is 2. The molecule has 1 aliphatic rings. The number of aromatic nitrogens is 1. The molecular weight excluding hydrogens is 433 g/mol. The molecule has 0 saturated heterocycles. The maximum atomic E-state index is 12.1. The second kappa shape index (κ2) is 8.58. The van der Waals surface area contributed by atoms with Gasteiger partial charge in [0.05, 0.1) is 22.7 Å². The fraction of sp³-hybridized carbons (Fsp3) is 0.208. The van der Waals surface area contributed by atoms with Crippen molar-refractivity contribution in [3.8, 4) is 11.1 Å². The number of pyridine rings is 1. The number of hydrogen-bond donors (Lipinski definition) is 1. The first kappa shape index (κ1) is 21.2. The zero-order valence-electron chi connectivity index (χ0n) is 16.9. The van der Waals surface area contributed by atoms with Crippen molar-refractivity contribution in [2.75, 3.05) is 5.32 Å². The smallest absolute Gasteiger partial charge is 0.412 e. The average Bonchev–Trinajstić information content (AvgIpc) is 2.74. The van der Waals surface area contributed by atoms with E-state index in [1.54, 1.807) is 26.1 Å². The van der Waals surface area contributed by atoms with Gasteiger partial charge in [0.2, 0.25) is 5.69 Å². The van der Waals surface area contributed by atoms with E-state index < -0.39 is 6.09 Å². The summed E-state index contributed by atoms with van der Waals surface area (Å²) in [7, 11) is 0. The molecule has 3 aromatic rings. The number of benzene rings is 2. The zero-order valence-corrected chi connectivity index (χ0v) is 18.5. The number of carbonyl (C=O) groups excluding carboxylic acids is 1. The standard InChI is InChI=1S/C24H19Cl2N3O2/c1-13(2)31-24(30)29-23-22(27-3)21-15(12-28-23)10-18(16-6-4-5-7-17(16)21)14-8-9-19(25)20(26)11-14/h4-9,11-13,18H,10H2,1-2H3,(H,28,29,30). The summed E-state index contributed by atoms with van der Waals surface area (Å²) in [5, 5.41) is 3.63. The molecule has 0 saturated carbocycles. The van der Waals surface area contributed by atoms with Gasteiger partial charge in [-0.15, -0.1) is 0 Å². The third kappa shape index (κ3) is 4.10. The molecule has 1 heterocycles. The first-order valence-electron chi connectivity index (χ1n) is 9.80. The molecular formula is C24H19Cl2N3O2. The van der Waals surface area contributed by atoms with Gasteiger partial charge in [0, 0.05) is 12.1 Å². The van der Waals surface area contributed by atoms with Crippen LogP contribution in [0.2, 0.25) is 10.0 Å². The van der Waals surface area contributed by atoms with Gasteiger partial charge in [-0.2, -0.15) is 0 Å². The molecule has 0 fully saturated rings. The first-order valence-corrected chi connectivity index (χ1v) is 10.6. The minimum Gasteiger partial charge on any atom is -0.447 e. The third-order valence-corrected chi connectivity index (χ3v) is 5.92. The number of hydrogen-bond acceptors (Lipinski definition) is 3. The summed E-state index contributed by atoms with van der Waals surface area (Å²) in [5.74, 6) is 0.241. The first-order chi connectivity index (χ1) is 14.9. The van der Waals surface area contributed by atoms with Crippen LogP contribution in [0.3, 0.4) is 0 Å². The molecule has 1 unspecified atom stereocenters. The van der Waals surface area contributed by atoms with E-state index in [-0.39, 0.29) is 17.8 Å². The Hall–Kier alpha value is -3.07. The lowest BCUT2D eigenvalue weighted by Gasteiger charge is -2.29. The zero-order chi connectivity index (χ0) is 22.1. The Morgan fingerprint density at radius 3 is 2.71 bits per heavy atom. The van der Waals surface area contributed by atoms with Crippen molar-refractivity contribution in [2.24, 2.45) is 0 Å². The Morgan fingerprint density at radius 1 is 1.23 bits per heavy atom. The summed E-state index contributed by atoms with van der Waals surface area (Å²) in [6.07, 6.45) is 1.46. The van der Waals surface area contributed by atoms with Crippen LogP contribution in [0.25, 0.3) is 16.0 Å². The molecule has 1 amide bonds. The minimum atomic E-state index is -0.634. The van der Waals surface area contributed by atoms with Crippen LogP contribution in [0.5, 0.6) is 0 Å². The molecule has 7 heteroatoms. The maximum absolute atomic E-state index is 12.1. The minimum absolute atomic E-state index is 0.0450. The van der Waals surface area contributed by atoms with E-state index in [9.17, 15) is 4.79 Å². The van der Waals surface area contributed by atoms with Gasteiger partial charge in [-0.1, -0.05) is 53.5 Å².